The summed E-state index contributed by atoms with van der Waals surface area (Å²) >= 11 is 0. The number of pyridine rings is 1. The van der Waals surface area contributed by atoms with Crippen LogP contribution in [0.4, 0.5) is 0 Å². The van der Waals surface area contributed by atoms with E-state index in [9.17, 15) is 9.59 Å². The van der Waals surface area contributed by atoms with Gasteiger partial charge in [-0.1, -0.05) is 0 Å². The van der Waals surface area contributed by atoms with Gasteiger partial charge in [0.25, 0.3) is 5.56 Å². The number of aryl methyl sites for hydroxylation is 3. The molecule has 2 aromatic rings. The van der Waals surface area contributed by atoms with E-state index in [1.165, 1.54) is 0 Å². The van der Waals surface area contributed by atoms with E-state index in [1.807, 2.05) is 18.7 Å². The normalized spacial score (nSPS) is 16.9. The van der Waals surface area contributed by atoms with Gasteiger partial charge in [0.1, 0.15) is 0 Å². The molecule has 7 nitrogen and oxygen atoms in total. The number of rotatable bonds is 3. The highest BCUT2D eigenvalue weighted by Crippen LogP contribution is 2.21. The zero-order valence-corrected chi connectivity index (χ0v) is 17.2. The minimum Gasteiger partial charge on any atom is -0.337 e. The molecular weight excluding hydrogens is 377 g/mol. The first-order chi connectivity index (χ1) is 11.4. The lowest BCUT2D eigenvalue weighted by molar-refractivity contribution is -0.133. The molecule has 1 unspecified atom stereocenters. The van der Waals surface area contributed by atoms with Crippen LogP contribution in [-0.2, 0) is 18.3 Å². The lowest BCUT2D eigenvalue weighted by Crippen LogP contribution is -2.52. The number of H-pyrrole nitrogens is 1. The molecular formula is C17H27Cl2N5O2. The lowest BCUT2D eigenvalue weighted by atomic mass is 9.99. The summed E-state index contributed by atoms with van der Waals surface area (Å²) in [6.07, 6.45) is 1.06. The van der Waals surface area contributed by atoms with E-state index in [-0.39, 0.29) is 42.3 Å². The van der Waals surface area contributed by atoms with Crippen LogP contribution in [0.15, 0.2) is 4.79 Å². The van der Waals surface area contributed by atoms with Crippen molar-refractivity contribution in [1.82, 2.24) is 25.0 Å². The topological polar surface area (TPSA) is 83.0 Å². The summed E-state index contributed by atoms with van der Waals surface area (Å²) in [7, 11) is 1.78. The maximum Gasteiger partial charge on any atom is 0.273 e. The Morgan fingerprint density at radius 1 is 1.31 bits per heavy atom. The predicted octanol–water partition coefficient (Wildman–Crippen LogP) is 1.47. The van der Waals surface area contributed by atoms with Gasteiger partial charge in [0.15, 0.2) is 5.65 Å². The van der Waals surface area contributed by atoms with Crippen molar-refractivity contribution < 1.29 is 4.79 Å². The summed E-state index contributed by atoms with van der Waals surface area (Å²) in [6.45, 7) is 8.40. The van der Waals surface area contributed by atoms with Crippen molar-refractivity contribution in [1.29, 1.82) is 0 Å². The molecule has 2 aromatic heterocycles. The second kappa shape index (κ2) is 8.88. The smallest absolute Gasteiger partial charge is 0.273 e. The minimum atomic E-state index is -0.124. The highest BCUT2D eigenvalue weighted by molar-refractivity contribution is 5.85. The van der Waals surface area contributed by atoms with Crippen molar-refractivity contribution in [3.05, 3.63) is 27.2 Å². The zero-order valence-electron chi connectivity index (χ0n) is 15.6. The minimum absolute atomic E-state index is 0. The number of amides is 1. The SMILES string of the molecule is Cc1nc2c(c(C)c1CCC(=O)N1CCNCC1C)c(=O)[nH]n2C.Cl.Cl. The Balaban J connectivity index is 0.00000169. The van der Waals surface area contributed by atoms with Gasteiger partial charge in [-0.05, 0) is 38.3 Å². The van der Waals surface area contributed by atoms with E-state index in [4.69, 9.17) is 0 Å². The second-order valence-corrected chi connectivity index (χ2v) is 6.64. The van der Waals surface area contributed by atoms with Crippen molar-refractivity contribution in [3.63, 3.8) is 0 Å². The van der Waals surface area contributed by atoms with Gasteiger partial charge in [0.2, 0.25) is 5.91 Å². The van der Waals surface area contributed by atoms with Gasteiger partial charge >= 0.3 is 0 Å². The molecule has 0 radical (unpaired) electrons. The van der Waals surface area contributed by atoms with Crippen LogP contribution in [0.3, 0.4) is 0 Å². The van der Waals surface area contributed by atoms with Crippen molar-refractivity contribution in [3.8, 4) is 0 Å². The van der Waals surface area contributed by atoms with E-state index in [1.54, 1.807) is 11.7 Å². The third kappa shape index (κ3) is 4.05. The summed E-state index contributed by atoms with van der Waals surface area (Å²) in [4.78, 5) is 31.2. The second-order valence-electron chi connectivity index (χ2n) is 6.64. The van der Waals surface area contributed by atoms with Crippen LogP contribution in [0.25, 0.3) is 11.0 Å². The number of carbonyl (C=O) groups excluding carboxylic acids is 1. The number of carbonyl (C=O) groups is 1. The number of hydrogen-bond donors (Lipinski definition) is 2. The van der Waals surface area contributed by atoms with Crippen LogP contribution in [0.2, 0.25) is 0 Å². The van der Waals surface area contributed by atoms with Gasteiger partial charge in [-0.15, -0.1) is 24.8 Å². The van der Waals surface area contributed by atoms with Crippen LogP contribution in [0.1, 0.15) is 30.2 Å². The number of aromatic nitrogens is 3. The summed E-state index contributed by atoms with van der Waals surface area (Å²) in [6, 6.07) is 0.228. The molecule has 1 amide bonds. The molecule has 9 heteroatoms. The van der Waals surface area contributed by atoms with E-state index in [2.05, 4.69) is 22.3 Å². The predicted molar refractivity (Wildman–Crippen MR) is 108 cm³/mol. The third-order valence-electron chi connectivity index (χ3n) is 4.99. The molecule has 1 atom stereocenters. The summed E-state index contributed by atoms with van der Waals surface area (Å²) in [5, 5.41) is 6.67. The molecule has 146 valence electrons. The third-order valence-corrected chi connectivity index (χ3v) is 4.99. The molecule has 26 heavy (non-hydrogen) atoms. The number of fused-ring (bicyclic) bond motifs is 1. The molecule has 3 heterocycles. The van der Waals surface area contributed by atoms with Crippen LogP contribution >= 0.6 is 24.8 Å². The molecule has 0 aromatic carbocycles. The number of nitrogens with zero attached hydrogens (tertiary/aromatic N) is 3. The maximum absolute atomic E-state index is 12.5. The average Bonchev–Trinajstić information content (AvgIpc) is 2.81. The summed E-state index contributed by atoms with van der Waals surface area (Å²) < 4.78 is 1.65. The Labute approximate surface area is 165 Å². The number of nitrogens with one attached hydrogen (secondary N) is 2. The van der Waals surface area contributed by atoms with E-state index in [0.717, 1.165) is 36.5 Å². The van der Waals surface area contributed by atoms with Crippen molar-refractivity contribution in [2.45, 2.75) is 39.7 Å². The molecule has 3 rings (SSSR count). The molecule has 0 saturated carbocycles. The number of halogens is 2. The molecule has 0 aliphatic carbocycles. The number of hydrogen-bond acceptors (Lipinski definition) is 4. The van der Waals surface area contributed by atoms with Crippen LogP contribution in [0.5, 0.6) is 0 Å². The van der Waals surface area contributed by atoms with Crippen LogP contribution in [0, 0.1) is 13.8 Å². The van der Waals surface area contributed by atoms with E-state index >= 15 is 0 Å². The standard InChI is InChI=1S/C17H25N5O2.2ClH/c1-10-9-18-7-8-22(10)14(23)6-5-13-11(2)15-16(19-12(13)3)21(4)20-17(15)24;;/h10,18H,5-9H2,1-4H3,(H,20,24);2*1H. The Hall–Kier alpha value is -1.57. The van der Waals surface area contributed by atoms with Crippen molar-refractivity contribution >= 4 is 41.8 Å². The first kappa shape index (κ1) is 22.5. The van der Waals surface area contributed by atoms with Gasteiger partial charge in [0, 0.05) is 44.8 Å². The molecule has 1 aliphatic heterocycles. The molecule has 1 fully saturated rings. The zero-order chi connectivity index (χ0) is 17.4. The molecule has 0 bridgehead atoms. The van der Waals surface area contributed by atoms with Gasteiger partial charge in [-0.25, -0.2) is 4.98 Å². The Bertz CT molecular complexity index is 846. The first-order valence-electron chi connectivity index (χ1n) is 8.45. The fourth-order valence-electron chi connectivity index (χ4n) is 3.60. The first-order valence-corrected chi connectivity index (χ1v) is 8.45. The lowest BCUT2D eigenvalue weighted by Gasteiger charge is -2.34. The quantitative estimate of drug-likeness (QED) is 0.812. The molecule has 0 spiro atoms. The Morgan fingerprint density at radius 3 is 2.65 bits per heavy atom. The van der Waals surface area contributed by atoms with Gasteiger partial charge < -0.3 is 10.2 Å². The van der Waals surface area contributed by atoms with Gasteiger partial charge in [-0.3, -0.25) is 19.4 Å². The summed E-state index contributed by atoms with van der Waals surface area (Å²) in [5.41, 5.74) is 3.37. The van der Waals surface area contributed by atoms with E-state index in [0.29, 0.717) is 23.9 Å². The fourth-order valence-corrected chi connectivity index (χ4v) is 3.60. The Morgan fingerprint density at radius 2 is 2.00 bits per heavy atom. The van der Waals surface area contributed by atoms with Crippen LogP contribution < -0.4 is 10.9 Å². The average molecular weight is 404 g/mol. The largest absolute Gasteiger partial charge is 0.337 e. The highest BCUT2D eigenvalue weighted by atomic mass is 35.5. The fraction of sp³-hybridized carbons (Fsp3) is 0.588. The van der Waals surface area contributed by atoms with Gasteiger partial charge in [-0.2, -0.15) is 0 Å². The van der Waals surface area contributed by atoms with Gasteiger partial charge in [0.05, 0.1) is 5.39 Å². The Kier molecular flexibility index (Phi) is 7.68. The van der Waals surface area contributed by atoms with E-state index < -0.39 is 0 Å². The number of aromatic amines is 1. The maximum atomic E-state index is 12.5. The molecule has 1 saturated heterocycles. The van der Waals surface area contributed by atoms with Crippen molar-refractivity contribution in [2.24, 2.45) is 7.05 Å². The van der Waals surface area contributed by atoms with Crippen molar-refractivity contribution in [2.75, 3.05) is 19.6 Å². The monoisotopic (exact) mass is 403 g/mol. The molecule has 2 N–H and O–H groups in total. The highest BCUT2D eigenvalue weighted by Gasteiger charge is 2.23. The summed E-state index contributed by atoms with van der Waals surface area (Å²) in [5.74, 6) is 0.171. The van der Waals surface area contributed by atoms with Crippen LogP contribution in [-0.4, -0.2) is 51.2 Å². The number of piperazine rings is 1. The molecule has 1 aliphatic rings.